The Hall–Kier alpha value is -1.96. The number of aryl methyl sites for hydroxylation is 1. The van der Waals surface area contributed by atoms with Gasteiger partial charge in [-0.05, 0) is 22.9 Å². The van der Waals surface area contributed by atoms with Gasteiger partial charge in [-0.1, -0.05) is 23.9 Å². The zero-order valence-corrected chi connectivity index (χ0v) is 10.7. The van der Waals surface area contributed by atoms with Crippen LogP contribution in [-0.4, -0.2) is 25.1 Å². The number of non-ortho nitro benzene ring substituents is 1. The predicted octanol–water partition coefficient (Wildman–Crippen LogP) is 1.97. The Kier molecular flexibility index (Phi) is 3.56. The molecule has 7 nitrogen and oxygen atoms in total. The highest BCUT2D eigenvalue weighted by atomic mass is 32.2. The molecule has 0 aliphatic rings. The maximum Gasteiger partial charge on any atom is 0.269 e. The molecule has 0 aliphatic heterocycles. The zero-order chi connectivity index (χ0) is 13.1. The molecule has 1 atom stereocenters. The highest BCUT2D eigenvalue weighted by molar-refractivity contribution is 7.99. The molecule has 1 aromatic carbocycles. The molecule has 0 N–H and O–H groups in total. The SMILES string of the molecule is C[C@@H](Sc1nnnn1C)c1cccc([N+](=O)[O-])c1. The Labute approximate surface area is 107 Å². The fourth-order valence-electron chi connectivity index (χ4n) is 1.44. The summed E-state index contributed by atoms with van der Waals surface area (Å²) in [7, 11) is 1.75. The molecule has 0 radical (unpaired) electrons. The lowest BCUT2D eigenvalue weighted by molar-refractivity contribution is -0.384. The van der Waals surface area contributed by atoms with Crippen LogP contribution in [0.4, 0.5) is 5.69 Å². The van der Waals surface area contributed by atoms with Gasteiger partial charge in [0.15, 0.2) is 0 Å². The number of tetrazole rings is 1. The summed E-state index contributed by atoms with van der Waals surface area (Å²) >= 11 is 1.45. The second kappa shape index (κ2) is 5.13. The van der Waals surface area contributed by atoms with Crippen molar-refractivity contribution in [1.82, 2.24) is 20.2 Å². The van der Waals surface area contributed by atoms with E-state index < -0.39 is 4.92 Å². The standard InChI is InChI=1S/C10H11N5O2S/c1-7(18-10-11-12-13-14(10)2)8-4-3-5-9(6-8)15(16)17/h3-7H,1-2H3/t7-/m1/s1. The zero-order valence-electron chi connectivity index (χ0n) is 9.85. The topological polar surface area (TPSA) is 86.7 Å². The second-order valence-corrected chi connectivity index (χ2v) is 5.01. The molecule has 1 heterocycles. The first-order valence-corrected chi connectivity index (χ1v) is 6.09. The van der Waals surface area contributed by atoms with Crippen LogP contribution in [0.2, 0.25) is 0 Å². The third-order valence-corrected chi connectivity index (χ3v) is 3.60. The summed E-state index contributed by atoms with van der Waals surface area (Å²) < 4.78 is 1.57. The van der Waals surface area contributed by atoms with E-state index in [0.717, 1.165) is 5.56 Å². The highest BCUT2D eigenvalue weighted by Gasteiger charge is 2.14. The number of nitro groups is 1. The summed E-state index contributed by atoms with van der Waals surface area (Å²) in [5.41, 5.74) is 0.966. The van der Waals surface area contributed by atoms with E-state index in [-0.39, 0.29) is 10.9 Å². The number of aromatic nitrogens is 4. The third-order valence-electron chi connectivity index (χ3n) is 2.41. The Balaban J connectivity index is 2.18. The van der Waals surface area contributed by atoms with E-state index in [9.17, 15) is 10.1 Å². The third kappa shape index (κ3) is 2.65. The van der Waals surface area contributed by atoms with Gasteiger partial charge in [0.25, 0.3) is 5.69 Å². The van der Waals surface area contributed by atoms with Gasteiger partial charge in [0.2, 0.25) is 5.16 Å². The van der Waals surface area contributed by atoms with Crippen molar-refractivity contribution >= 4 is 17.4 Å². The van der Waals surface area contributed by atoms with Crippen LogP contribution in [0.15, 0.2) is 29.4 Å². The van der Waals surface area contributed by atoms with Gasteiger partial charge in [-0.2, -0.15) is 0 Å². The van der Waals surface area contributed by atoms with Crippen molar-refractivity contribution in [3.05, 3.63) is 39.9 Å². The summed E-state index contributed by atoms with van der Waals surface area (Å²) in [6.07, 6.45) is 0. The van der Waals surface area contributed by atoms with Crippen LogP contribution in [0.1, 0.15) is 17.7 Å². The van der Waals surface area contributed by atoms with E-state index in [1.807, 2.05) is 13.0 Å². The van der Waals surface area contributed by atoms with Crippen LogP contribution < -0.4 is 0 Å². The molecular formula is C10H11N5O2S. The fourth-order valence-corrected chi connectivity index (χ4v) is 2.31. The molecule has 0 spiro atoms. The van der Waals surface area contributed by atoms with Gasteiger partial charge in [-0.3, -0.25) is 10.1 Å². The minimum atomic E-state index is -0.398. The van der Waals surface area contributed by atoms with Crippen LogP contribution in [0, 0.1) is 10.1 Å². The van der Waals surface area contributed by atoms with Crippen LogP contribution in [0.25, 0.3) is 0 Å². The molecule has 2 rings (SSSR count). The number of rotatable bonds is 4. The molecule has 0 saturated heterocycles. The molecule has 0 unspecified atom stereocenters. The van der Waals surface area contributed by atoms with Crippen molar-refractivity contribution in [2.75, 3.05) is 0 Å². The van der Waals surface area contributed by atoms with Crippen LogP contribution in [0.3, 0.4) is 0 Å². The van der Waals surface area contributed by atoms with E-state index in [2.05, 4.69) is 15.5 Å². The predicted molar refractivity (Wildman–Crippen MR) is 66.2 cm³/mol. The summed E-state index contributed by atoms with van der Waals surface area (Å²) in [5, 5.41) is 22.6. The van der Waals surface area contributed by atoms with Gasteiger partial charge < -0.3 is 0 Å². The molecule has 1 aromatic heterocycles. The number of hydrogen-bond donors (Lipinski definition) is 0. The maximum atomic E-state index is 10.7. The van der Waals surface area contributed by atoms with Gasteiger partial charge in [-0.25, -0.2) is 4.68 Å². The monoisotopic (exact) mass is 265 g/mol. The van der Waals surface area contributed by atoms with Crippen LogP contribution in [-0.2, 0) is 7.05 Å². The lowest BCUT2D eigenvalue weighted by Crippen LogP contribution is -1.97. The number of benzene rings is 1. The largest absolute Gasteiger partial charge is 0.269 e. The van der Waals surface area contributed by atoms with E-state index in [4.69, 9.17) is 0 Å². The quantitative estimate of drug-likeness (QED) is 0.477. The first-order valence-electron chi connectivity index (χ1n) is 5.21. The van der Waals surface area contributed by atoms with E-state index in [1.165, 1.54) is 17.8 Å². The lowest BCUT2D eigenvalue weighted by atomic mass is 10.1. The van der Waals surface area contributed by atoms with Gasteiger partial charge >= 0.3 is 0 Å². The molecule has 94 valence electrons. The minimum Gasteiger partial charge on any atom is -0.258 e. The molecule has 0 fully saturated rings. The van der Waals surface area contributed by atoms with Crippen molar-refractivity contribution in [3.63, 3.8) is 0 Å². The van der Waals surface area contributed by atoms with Gasteiger partial charge in [0.05, 0.1) is 4.92 Å². The summed E-state index contributed by atoms with van der Waals surface area (Å²) in [4.78, 5) is 10.3. The molecule has 0 saturated carbocycles. The molecule has 2 aromatic rings. The minimum absolute atomic E-state index is 0.0367. The van der Waals surface area contributed by atoms with Crippen LogP contribution >= 0.6 is 11.8 Å². The Morgan fingerprint density at radius 3 is 2.89 bits per heavy atom. The Morgan fingerprint density at radius 1 is 1.50 bits per heavy atom. The van der Waals surface area contributed by atoms with Crippen molar-refractivity contribution in [2.24, 2.45) is 7.05 Å². The van der Waals surface area contributed by atoms with E-state index >= 15 is 0 Å². The molecule has 18 heavy (non-hydrogen) atoms. The summed E-state index contributed by atoms with van der Waals surface area (Å²) in [5.74, 6) is 0. The van der Waals surface area contributed by atoms with Gasteiger partial charge in [0, 0.05) is 24.4 Å². The highest BCUT2D eigenvalue weighted by Crippen LogP contribution is 2.34. The Bertz CT molecular complexity index is 571. The number of nitro benzene ring substituents is 1. The molecule has 0 bridgehead atoms. The summed E-state index contributed by atoms with van der Waals surface area (Å²) in [6.45, 7) is 1.96. The molecule has 8 heteroatoms. The van der Waals surface area contributed by atoms with Crippen molar-refractivity contribution < 1.29 is 4.92 Å². The normalized spacial score (nSPS) is 12.3. The van der Waals surface area contributed by atoms with Gasteiger partial charge in [-0.15, -0.1) is 5.10 Å². The van der Waals surface area contributed by atoms with E-state index in [0.29, 0.717) is 5.16 Å². The van der Waals surface area contributed by atoms with E-state index in [1.54, 1.807) is 23.9 Å². The second-order valence-electron chi connectivity index (χ2n) is 3.70. The fraction of sp³-hybridized carbons (Fsp3) is 0.300. The lowest BCUT2D eigenvalue weighted by Gasteiger charge is -2.09. The average Bonchev–Trinajstić information content (AvgIpc) is 2.75. The summed E-state index contributed by atoms with van der Waals surface area (Å²) in [6, 6.07) is 6.58. The molecular weight excluding hydrogens is 254 g/mol. The molecule has 0 amide bonds. The smallest absolute Gasteiger partial charge is 0.258 e. The number of hydrogen-bond acceptors (Lipinski definition) is 6. The Morgan fingerprint density at radius 2 is 2.28 bits per heavy atom. The van der Waals surface area contributed by atoms with Crippen molar-refractivity contribution in [1.29, 1.82) is 0 Å². The van der Waals surface area contributed by atoms with Crippen molar-refractivity contribution in [2.45, 2.75) is 17.3 Å². The molecule has 0 aliphatic carbocycles. The van der Waals surface area contributed by atoms with Gasteiger partial charge in [0.1, 0.15) is 0 Å². The first kappa shape index (κ1) is 12.5. The average molecular weight is 265 g/mol. The first-order chi connectivity index (χ1) is 8.58. The maximum absolute atomic E-state index is 10.7. The number of nitrogens with zero attached hydrogens (tertiary/aromatic N) is 5. The van der Waals surface area contributed by atoms with Crippen molar-refractivity contribution in [3.8, 4) is 0 Å². The van der Waals surface area contributed by atoms with Crippen LogP contribution in [0.5, 0.6) is 0 Å². The number of thioether (sulfide) groups is 1.